The summed E-state index contributed by atoms with van der Waals surface area (Å²) in [6.45, 7) is 3.01. The molecule has 1 saturated heterocycles. The molecule has 76 valence electrons. The topological polar surface area (TPSA) is 32.3 Å². The monoisotopic (exact) mass is 191 g/mol. The number of phenolic OH excluding ortho intramolecular Hbond substituents is 1. The summed E-state index contributed by atoms with van der Waals surface area (Å²) in [6, 6.07) is 6.33. The molecular formula is C12H17NO. The standard InChI is InChI=1S/C12H17NO/c1-9-5-4-6-10(12(9)14)11-7-2-3-8-13-11/h4-6,11,13-14H,2-3,7-8H2,1H3/t11-/m1/s1. The summed E-state index contributed by atoms with van der Waals surface area (Å²) in [6.07, 6.45) is 3.64. The van der Waals surface area contributed by atoms with Crippen LogP contribution in [0.25, 0.3) is 0 Å². The molecule has 1 atom stereocenters. The molecule has 1 aromatic rings. The molecule has 1 aliphatic heterocycles. The van der Waals surface area contributed by atoms with Gasteiger partial charge < -0.3 is 10.4 Å². The van der Waals surface area contributed by atoms with Crippen molar-refractivity contribution in [2.75, 3.05) is 6.54 Å². The maximum Gasteiger partial charge on any atom is 0.123 e. The van der Waals surface area contributed by atoms with Crippen LogP contribution in [0.3, 0.4) is 0 Å². The van der Waals surface area contributed by atoms with Crippen LogP contribution in [-0.2, 0) is 0 Å². The zero-order chi connectivity index (χ0) is 9.97. The molecule has 0 spiro atoms. The van der Waals surface area contributed by atoms with Crippen LogP contribution in [-0.4, -0.2) is 11.7 Å². The number of benzene rings is 1. The van der Waals surface area contributed by atoms with E-state index in [2.05, 4.69) is 5.32 Å². The molecule has 0 saturated carbocycles. The van der Waals surface area contributed by atoms with Crippen molar-refractivity contribution >= 4 is 0 Å². The molecule has 0 aliphatic carbocycles. The molecule has 2 N–H and O–H groups in total. The molecular weight excluding hydrogens is 174 g/mol. The fraction of sp³-hybridized carbons (Fsp3) is 0.500. The van der Waals surface area contributed by atoms with Crippen LogP contribution < -0.4 is 5.32 Å². The number of rotatable bonds is 1. The van der Waals surface area contributed by atoms with Gasteiger partial charge in [-0.3, -0.25) is 0 Å². The van der Waals surface area contributed by atoms with Gasteiger partial charge in [0.05, 0.1) is 0 Å². The SMILES string of the molecule is Cc1cccc([C@H]2CCCCN2)c1O. The minimum atomic E-state index is 0.351. The Kier molecular flexibility index (Phi) is 2.73. The third-order valence-corrected chi connectivity index (χ3v) is 2.95. The predicted octanol–water partition coefficient (Wildman–Crippen LogP) is 2.52. The zero-order valence-corrected chi connectivity index (χ0v) is 8.59. The Morgan fingerprint density at radius 3 is 2.93 bits per heavy atom. The van der Waals surface area contributed by atoms with E-state index in [0.29, 0.717) is 11.8 Å². The van der Waals surface area contributed by atoms with Gasteiger partial charge in [-0.2, -0.15) is 0 Å². The fourth-order valence-electron chi connectivity index (χ4n) is 2.08. The molecule has 0 bridgehead atoms. The third-order valence-electron chi connectivity index (χ3n) is 2.95. The Morgan fingerprint density at radius 1 is 1.36 bits per heavy atom. The minimum Gasteiger partial charge on any atom is -0.507 e. The highest BCUT2D eigenvalue weighted by Crippen LogP contribution is 2.31. The lowest BCUT2D eigenvalue weighted by Crippen LogP contribution is -2.26. The number of nitrogens with one attached hydrogen (secondary N) is 1. The van der Waals surface area contributed by atoms with E-state index in [1.807, 2.05) is 25.1 Å². The van der Waals surface area contributed by atoms with Crippen molar-refractivity contribution in [2.45, 2.75) is 32.2 Å². The van der Waals surface area contributed by atoms with Gasteiger partial charge in [-0.15, -0.1) is 0 Å². The Bertz CT molecular complexity index is 316. The molecule has 1 fully saturated rings. The van der Waals surface area contributed by atoms with E-state index in [1.54, 1.807) is 0 Å². The molecule has 0 aromatic heterocycles. The Hall–Kier alpha value is -1.02. The maximum atomic E-state index is 9.91. The van der Waals surface area contributed by atoms with Gasteiger partial charge in [0.25, 0.3) is 0 Å². The first-order chi connectivity index (χ1) is 6.79. The summed E-state index contributed by atoms with van der Waals surface area (Å²) in [5.74, 6) is 0.465. The molecule has 2 rings (SSSR count). The van der Waals surface area contributed by atoms with E-state index in [4.69, 9.17) is 0 Å². The van der Waals surface area contributed by atoms with Gasteiger partial charge in [-0.05, 0) is 31.9 Å². The number of hydrogen-bond acceptors (Lipinski definition) is 2. The van der Waals surface area contributed by atoms with E-state index in [9.17, 15) is 5.11 Å². The molecule has 0 radical (unpaired) electrons. The molecule has 1 aliphatic rings. The first-order valence-electron chi connectivity index (χ1n) is 5.31. The zero-order valence-electron chi connectivity index (χ0n) is 8.59. The Labute approximate surface area is 85.0 Å². The van der Waals surface area contributed by atoms with Crippen molar-refractivity contribution in [3.05, 3.63) is 29.3 Å². The molecule has 2 heteroatoms. The fourth-order valence-corrected chi connectivity index (χ4v) is 2.08. The number of aromatic hydroxyl groups is 1. The van der Waals surface area contributed by atoms with Gasteiger partial charge in [0, 0.05) is 11.6 Å². The molecule has 0 unspecified atom stereocenters. The summed E-state index contributed by atoms with van der Waals surface area (Å²) in [4.78, 5) is 0. The van der Waals surface area contributed by atoms with Crippen molar-refractivity contribution in [3.8, 4) is 5.75 Å². The Morgan fingerprint density at radius 2 is 2.21 bits per heavy atom. The van der Waals surface area contributed by atoms with Crippen LogP contribution in [0.1, 0.15) is 36.4 Å². The van der Waals surface area contributed by atoms with E-state index in [-0.39, 0.29) is 0 Å². The van der Waals surface area contributed by atoms with Crippen LogP contribution in [0.5, 0.6) is 5.75 Å². The number of piperidine rings is 1. The van der Waals surface area contributed by atoms with Crippen LogP contribution in [0, 0.1) is 6.92 Å². The summed E-state index contributed by atoms with van der Waals surface area (Å²) in [5, 5.41) is 13.4. The van der Waals surface area contributed by atoms with Crippen molar-refractivity contribution in [3.63, 3.8) is 0 Å². The van der Waals surface area contributed by atoms with E-state index in [1.165, 1.54) is 12.8 Å². The number of phenols is 1. The smallest absolute Gasteiger partial charge is 0.123 e. The van der Waals surface area contributed by atoms with Crippen LogP contribution in [0.4, 0.5) is 0 Å². The minimum absolute atomic E-state index is 0.351. The lowest BCUT2D eigenvalue weighted by molar-refractivity contribution is 0.389. The molecule has 2 nitrogen and oxygen atoms in total. The van der Waals surface area contributed by atoms with Gasteiger partial charge in [0.1, 0.15) is 5.75 Å². The number of para-hydroxylation sites is 1. The van der Waals surface area contributed by atoms with Crippen molar-refractivity contribution in [1.82, 2.24) is 5.32 Å². The summed E-state index contributed by atoms with van der Waals surface area (Å²) in [5.41, 5.74) is 2.03. The largest absolute Gasteiger partial charge is 0.507 e. The van der Waals surface area contributed by atoms with E-state index in [0.717, 1.165) is 24.1 Å². The average molecular weight is 191 g/mol. The van der Waals surface area contributed by atoms with Gasteiger partial charge >= 0.3 is 0 Å². The van der Waals surface area contributed by atoms with Crippen LogP contribution in [0.15, 0.2) is 18.2 Å². The Balaban J connectivity index is 2.26. The normalized spacial score (nSPS) is 22.2. The quantitative estimate of drug-likeness (QED) is 0.715. The second kappa shape index (κ2) is 4.01. The lowest BCUT2D eigenvalue weighted by atomic mass is 9.95. The van der Waals surface area contributed by atoms with E-state index < -0.39 is 0 Å². The molecule has 1 heterocycles. The van der Waals surface area contributed by atoms with Crippen LogP contribution in [0.2, 0.25) is 0 Å². The summed E-state index contributed by atoms with van der Waals surface area (Å²) >= 11 is 0. The molecule has 0 amide bonds. The summed E-state index contributed by atoms with van der Waals surface area (Å²) < 4.78 is 0. The second-order valence-electron chi connectivity index (χ2n) is 4.02. The maximum absolute atomic E-state index is 9.91. The highest BCUT2D eigenvalue weighted by Gasteiger charge is 2.17. The first kappa shape index (κ1) is 9.53. The van der Waals surface area contributed by atoms with E-state index >= 15 is 0 Å². The van der Waals surface area contributed by atoms with Gasteiger partial charge in [0.2, 0.25) is 0 Å². The van der Waals surface area contributed by atoms with Crippen molar-refractivity contribution in [2.24, 2.45) is 0 Å². The predicted molar refractivity (Wildman–Crippen MR) is 57.4 cm³/mol. The summed E-state index contributed by atoms with van der Waals surface area (Å²) in [7, 11) is 0. The molecule has 1 aromatic carbocycles. The second-order valence-corrected chi connectivity index (χ2v) is 4.02. The van der Waals surface area contributed by atoms with Gasteiger partial charge in [-0.1, -0.05) is 24.6 Å². The third kappa shape index (κ3) is 1.75. The number of hydrogen-bond donors (Lipinski definition) is 2. The van der Waals surface area contributed by atoms with Crippen LogP contribution >= 0.6 is 0 Å². The average Bonchev–Trinajstić information content (AvgIpc) is 2.23. The highest BCUT2D eigenvalue weighted by molar-refractivity contribution is 5.41. The molecule has 14 heavy (non-hydrogen) atoms. The highest BCUT2D eigenvalue weighted by atomic mass is 16.3. The van der Waals surface area contributed by atoms with Crippen molar-refractivity contribution < 1.29 is 5.11 Å². The number of aryl methyl sites for hydroxylation is 1. The van der Waals surface area contributed by atoms with Gasteiger partial charge in [0.15, 0.2) is 0 Å². The van der Waals surface area contributed by atoms with Gasteiger partial charge in [-0.25, -0.2) is 0 Å². The lowest BCUT2D eigenvalue weighted by Gasteiger charge is -2.24. The first-order valence-corrected chi connectivity index (χ1v) is 5.31. The van der Waals surface area contributed by atoms with Crippen molar-refractivity contribution in [1.29, 1.82) is 0 Å².